The van der Waals surface area contributed by atoms with Gasteiger partial charge in [-0.05, 0) is 0 Å². The molecule has 70 valence electrons. The molecule has 5 nitrogen and oxygen atoms in total. The lowest BCUT2D eigenvalue weighted by Crippen LogP contribution is -2.57. The predicted octanol–water partition coefficient (Wildman–Crippen LogP) is -1.86. The molecular formula is C7H16N4O. The summed E-state index contributed by atoms with van der Waals surface area (Å²) in [4.78, 5) is 11.4. The van der Waals surface area contributed by atoms with Gasteiger partial charge < -0.3 is 10.6 Å². The van der Waals surface area contributed by atoms with Gasteiger partial charge in [-0.25, -0.2) is 5.01 Å². The Hall–Kier alpha value is -0.650. The molecule has 1 saturated heterocycles. The molecule has 0 spiro atoms. The van der Waals surface area contributed by atoms with Crippen LogP contribution in [-0.2, 0) is 4.79 Å². The van der Waals surface area contributed by atoms with E-state index >= 15 is 0 Å². The van der Waals surface area contributed by atoms with Crippen molar-refractivity contribution in [1.82, 2.24) is 21.1 Å². The minimum Gasteiger partial charge on any atom is -0.313 e. The van der Waals surface area contributed by atoms with Crippen molar-refractivity contribution >= 4 is 5.91 Å². The summed E-state index contributed by atoms with van der Waals surface area (Å²) in [6, 6.07) is -0.0962. The van der Waals surface area contributed by atoms with E-state index in [2.05, 4.69) is 16.1 Å². The molecule has 0 aromatic rings. The maximum absolute atomic E-state index is 11.4. The molecule has 0 aromatic carbocycles. The number of hydrogen-bond acceptors (Lipinski definition) is 4. The molecule has 1 rings (SSSR count). The zero-order valence-corrected chi connectivity index (χ0v) is 7.55. The lowest BCUT2D eigenvalue weighted by molar-refractivity contribution is -0.127. The molecule has 1 heterocycles. The van der Waals surface area contributed by atoms with Crippen molar-refractivity contribution in [3.8, 4) is 0 Å². The first-order valence-electron chi connectivity index (χ1n) is 4.12. The van der Waals surface area contributed by atoms with Gasteiger partial charge in [0.15, 0.2) is 0 Å². The number of carbonyl (C=O) groups is 1. The molecule has 1 fully saturated rings. The van der Waals surface area contributed by atoms with Gasteiger partial charge in [0.25, 0.3) is 5.91 Å². The number of nitrogens with zero attached hydrogens (tertiary/aromatic N) is 1. The van der Waals surface area contributed by atoms with Crippen LogP contribution in [0.2, 0.25) is 0 Å². The number of carbonyl (C=O) groups excluding carboxylic acids is 1. The second kappa shape index (κ2) is 4.39. The second-order valence-electron chi connectivity index (χ2n) is 3.08. The minimum absolute atomic E-state index is 0.0206. The average molecular weight is 172 g/mol. The van der Waals surface area contributed by atoms with Crippen LogP contribution < -0.4 is 16.1 Å². The van der Waals surface area contributed by atoms with Gasteiger partial charge in [0.1, 0.15) is 6.04 Å². The third-order valence-electron chi connectivity index (χ3n) is 1.69. The number of hydrazine groups is 1. The highest BCUT2D eigenvalue weighted by Crippen LogP contribution is 1.86. The SMILES string of the molecule is CN(C)NC(=O)C1CNCCN1. The van der Waals surface area contributed by atoms with Crippen LogP contribution in [0.5, 0.6) is 0 Å². The highest BCUT2D eigenvalue weighted by Gasteiger charge is 2.19. The number of rotatable bonds is 2. The maximum Gasteiger partial charge on any atom is 0.252 e. The van der Waals surface area contributed by atoms with E-state index in [9.17, 15) is 4.79 Å². The number of hydrogen-bond donors (Lipinski definition) is 3. The Morgan fingerprint density at radius 1 is 1.50 bits per heavy atom. The van der Waals surface area contributed by atoms with E-state index in [1.165, 1.54) is 0 Å². The van der Waals surface area contributed by atoms with Crippen LogP contribution in [-0.4, -0.2) is 50.7 Å². The van der Waals surface area contributed by atoms with Crippen LogP contribution in [0.3, 0.4) is 0 Å². The monoisotopic (exact) mass is 172 g/mol. The topological polar surface area (TPSA) is 56.4 Å². The van der Waals surface area contributed by atoms with Gasteiger partial charge in [-0.15, -0.1) is 0 Å². The third-order valence-corrected chi connectivity index (χ3v) is 1.69. The van der Waals surface area contributed by atoms with E-state index in [0.717, 1.165) is 13.1 Å². The Morgan fingerprint density at radius 3 is 2.75 bits per heavy atom. The van der Waals surface area contributed by atoms with Gasteiger partial charge in [0.05, 0.1) is 0 Å². The fourth-order valence-corrected chi connectivity index (χ4v) is 1.14. The Bertz CT molecular complexity index is 153. The summed E-state index contributed by atoms with van der Waals surface area (Å²) in [5.41, 5.74) is 2.70. The molecular weight excluding hydrogens is 156 g/mol. The summed E-state index contributed by atoms with van der Waals surface area (Å²) in [7, 11) is 3.60. The number of nitrogens with one attached hydrogen (secondary N) is 3. The first kappa shape index (κ1) is 9.44. The zero-order valence-electron chi connectivity index (χ0n) is 7.55. The van der Waals surface area contributed by atoms with E-state index in [0.29, 0.717) is 6.54 Å². The highest BCUT2D eigenvalue weighted by molar-refractivity contribution is 5.81. The molecule has 5 heteroatoms. The Morgan fingerprint density at radius 2 is 2.25 bits per heavy atom. The zero-order chi connectivity index (χ0) is 8.97. The Kier molecular flexibility index (Phi) is 3.46. The van der Waals surface area contributed by atoms with E-state index < -0.39 is 0 Å². The van der Waals surface area contributed by atoms with Crippen LogP contribution >= 0.6 is 0 Å². The van der Waals surface area contributed by atoms with Gasteiger partial charge in [0, 0.05) is 33.7 Å². The van der Waals surface area contributed by atoms with Crippen molar-refractivity contribution in [3.05, 3.63) is 0 Å². The van der Waals surface area contributed by atoms with Crippen LogP contribution in [0.25, 0.3) is 0 Å². The molecule has 1 unspecified atom stereocenters. The van der Waals surface area contributed by atoms with Crippen LogP contribution in [0.4, 0.5) is 0 Å². The summed E-state index contributed by atoms with van der Waals surface area (Å²) < 4.78 is 0. The fourth-order valence-electron chi connectivity index (χ4n) is 1.14. The van der Waals surface area contributed by atoms with Crippen LogP contribution in [0, 0.1) is 0 Å². The van der Waals surface area contributed by atoms with Crippen LogP contribution in [0.15, 0.2) is 0 Å². The molecule has 0 saturated carbocycles. The summed E-state index contributed by atoms with van der Waals surface area (Å²) in [5, 5.41) is 7.92. The number of amides is 1. The molecule has 0 aliphatic carbocycles. The van der Waals surface area contributed by atoms with Crippen molar-refractivity contribution in [2.45, 2.75) is 6.04 Å². The molecule has 0 bridgehead atoms. The summed E-state index contributed by atoms with van der Waals surface area (Å²) >= 11 is 0. The fraction of sp³-hybridized carbons (Fsp3) is 0.857. The normalized spacial score (nSPS) is 24.1. The van der Waals surface area contributed by atoms with E-state index in [1.54, 1.807) is 19.1 Å². The maximum atomic E-state index is 11.4. The van der Waals surface area contributed by atoms with Gasteiger partial charge >= 0.3 is 0 Å². The van der Waals surface area contributed by atoms with Gasteiger partial charge in [-0.3, -0.25) is 10.2 Å². The Labute approximate surface area is 72.5 Å². The number of piperazine rings is 1. The first-order chi connectivity index (χ1) is 5.70. The van der Waals surface area contributed by atoms with E-state index in [-0.39, 0.29) is 11.9 Å². The first-order valence-corrected chi connectivity index (χ1v) is 4.12. The smallest absolute Gasteiger partial charge is 0.252 e. The molecule has 0 aromatic heterocycles. The minimum atomic E-state index is -0.0962. The summed E-state index contributed by atoms with van der Waals surface area (Å²) in [6.45, 7) is 2.50. The molecule has 12 heavy (non-hydrogen) atoms. The average Bonchev–Trinajstić information content (AvgIpc) is 2.05. The molecule has 1 atom stereocenters. The second-order valence-corrected chi connectivity index (χ2v) is 3.08. The van der Waals surface area contributed by atoms with Crippen molar-refractivity contribution in [2.75, 3.05) is 33.7 Å². The summed E-state index contributed by atoms with van der Waals surface area (Å²) in [6.07, 6.45) is 0. The standard InChI is InChI=1S/C7H16N4O/c1-11(2)10-7(12)6-5-8-3-4-9-6/h6,8-9H,3-5H2,1-2H3,(H,10,12). The molecule has 1 aliphatic heterocycles. The third kappa shape index (κ3) is 2.77. The lowest BCUT2D eigenvalue weighted by atomic mass is 10.2. The van der Waals surface area contributed by atoms with E-state index in [4.69, 9.17) is 0 Å². The van der Waals surface area contributed by atoms with E-state index in [1.807, 2.05) is 0 Å². The van der Waals surface area contributed by atoms with Crippen LogP contribution in [0.1, 0.15) is 0 Å². The van der Waals surface area contributed by atoms with Crippen molar-refractivity contribution < 1.29 is 4.79 Å². The largest absolute Gasteiger partial charge is 0.313 e. The Balaban J connectivity index is 2.30. The van der Waals surface area contributed by atoms with Gasteiger partial charge in [-0.1, -0.05) is 0 Å². The van der Waals surface area contributed by atoms with Gasteiger partial charge in [-0.2, -0.15) is 0 Å². The van der Waals surface area contributed by atoms with Crippen molar-refractivity contribution in [2.24, 2.45) is 0 Å². The molecule has 0 radical (unpaired) electrons. The molecule has 1 amide bonds. The molecule has 1 aliphatic rings. The predicted molar refractivity (Wildman–Crippen MR) is 46.5 cm³/mol. The summed E-state index contributed by atoms with van der Waals surface area (Å²) in [5.74, 6) is 0.0206. The molecule has 3 N–H and O–H groups in total. The van der Waals surface area contributed by atoms with Crippen molar-refractivity contribution in [3.63, 3.8) is 0 Å². The lowest BCUT2D eigenvalue weighted by Gasteiger charge is -2.25. The van der Waals surface area contributed by atoms with Gasteiger partial charge in [0.2, 0.25) is 0 Å². The van der Waals surface area contributed by atoms with Crippen molar-refractivity contribution in [1.29, 1.82) is 0 Å². The highest BCUT2D eigenvalue weighted by atomic mass is 16.2. The quantitative estimate of drug-likeness (QED) is 0.428.